The molecular weight excluding hydrogens is 500 g/mol. The summed E-state index contributed by atoms with van der Waals surface area (Å²) in [7, 11) is 1.66. The van der Waals surface area contributed by atoms with E-state index in [9.17, 15) is 9.59 Å². The zero-order valence-corrected chi connectivity index (χ0v) is 22.7. The number of rotatable bonds is 6. The van der Waals surface area contributed by atoms with Crippen LogP contribution in [0.15, 0.2) is 48.5 Å². The molecule has 0 spiro atoms. The van der Waals surface area contributed by atoms with Gasteiger partial charge in [-0.1, -0.05) is 50.9 Å². The summed E-state index contributed by atoms with van der Waals surface area (Å²) < 4.78 is 10.1. The van der Waals surface area contributed by atoms with Gasteiger partial charge >= 0.3 is 5.97 Å². The third-order valence-corrected chi connectivity index (χ3v) is 9.95. The van der Waals surface area contributed by atoms with Gasteiger partial charge in [-0.05, 0) is 97.4 Å². The molecule has 0 aromatic heterocycles. The van der Waals surface area contributed by atoms with Crippen molar-refractivity contribution in [2.24, 2.45) is 23.7 Å². The lowest BCUT2D eigenvalue weighted by atomic mass is 9.81. The molecule has 0 radical (unpaired) electrons. The maximum Gasteiger partial charge on any atom is 0.308 e. The molecule has 3 saturated carbocycles. The molecule has 2 aromatic rings. The van der Waals surface area contributed by atoms with Crippen LogP contribution in [-0.4, -0.2) is 35.0 Å². The molecule has 3 aliphatic rings. The second kappa shape index (κ2) is 14.3. The highest BCUT2D eigenvalue weighted by molar-refractivity contribution is 8.14. The predicted octanol–water partition coefficient (Wildman–Crippen LogP) is 7.92. The van der Waals surface area contributed by atoms with E-state index in [0.717, 1.165) is 41.1 Å². The van der Waals surface area contributed by atoms with E-state index in [-0.39, 0.29) is 20.8 Å². The largest absolute Gasteiger partial charge is 0.497 e. The SMILES string of the molecule is C.C.COc1ccc(Cc2ccc(OC(C)=O)cc2)cc1.CSC1CC2CC1C1CC(SC(C)=O)CC21. The minimum absolute atomic E-state index is 0. The minimum Gasteiger partial charge on any atom is -0.497 e. The van der Waals surface area contributed by atoms with E-state index >= 15 is 0 Å². The Morgan fingerprint density at radius 3 is 1.89 bits per heavy atom. The first-order chi connectivity index (χ1) is 16.9. The number of carbonyl (C=O) groups is 2. The van der Waals surface area contributed by atoms with Crippen molar-refractivity contribution in [3.8, 4) is 11.5 Å². The van der Waals surface area contributed by atoms with Crippen molar-refractivity contribution in [1.29, 1.82) is 0 Å². The Labute approximate surface area is 232 Å². The molecule has 0 N–H and O–H groups in total. The number of carbonyl (C=O) groups excluding carboxylic acids is 2. The molecule has 0 heterocycles. The minimum atomic E-state index is -0.303. The van der Waals surface area contributed by atoms with E-state index in [1.165, 1.54) is 43.7 Å². The van der Waals surface area contributed by atoms with Gasteiger partial charge in [0.05, 0.1) is 7.11 Å². The molecule has 2 aromatic carbocycles. The molecule has 0 aliphatic heterocycles. The van der Waals surface area contributed by atoms with E-state index in [2.05, 4.69) is 18.0 Å². The lowest BCUT2D eigenvalue weighted by molar-refractivity contribution is -0.131. The standard InChI is InChI=1S/C16H16O3.C13H20OS2.2CH4/c1-12(17)19-16-9-5-14(6-10-16)11-13-3-7-15(18-2)8-4-13;1-7(14)16-9-5-10-8-3-12(11(10)6-9)13(4-8)15-2;;/h3-10H,11H2,1-2H3;8-13H,3-6H2,1-2H3;2*1H4. The first-order valence-electron chi connectivity index (χ1n) is 12.5. The third-order valence-electron chi connectivity index (χ3n) is 7.75. The zero-order chi connectivity index (χ0) is 24.9. The molecule has 3 fully saturated rings. The Kier molecular flexibility index (Phi) is 12.1. The van der Waals surface area contributed by atoms with Gasteiger partial charge in [-0.3, -0.25) is 9.59 Å². The molecule has 3 aliphatic carbocycles. The van der Waals surface area contributed by atoms with Crippen molar-refractivity contribution in [1.82, 2.24) is 0 Å². The molecule has 37 heavy (non-hydrogen) atoms. The van der Waals surface area contributed by atoms with Gasteiger partial charge in [0.25, 0.3) is 0 Å². The zero-order valence-electron chi connectivity index (χ0n) is 21.1. The second-order valence-electron chi connectivity index (χ2n) is 9.96. The molecule has 6 heteroatoms. The van der Waals surface area contributed by atoms with Crippen molar-refractivity contribution < 1.29 is 19.1 Å². The summed E-state index contributed by atoms with van der Waals surface area (Å²) in [6.07, 6.45) is 8.73. The van der Waals surface area contributed by atoms with Gasteiger partial charge in [-0.25, -0.2) is 0 Å². The maximum atomic E-state index is 11.2. The van der Waals surface area contributed by atoms with Crippen molar-refractivity contribution in [3.05, 3.63) is 59.7 Å². The molecule has 0 amide bonds. The van der Waals surface area contributed by atoms with E-state index in [4.69, 9.17) is 9.47 Å². The van der Waals surface area contributed by atoms with Gasteiger partial charge in [0.1, 0.15) is 11.5 Å². The van der Waals surface area contributed by atoms with Crippen molar-refractivity contribution in [2.75, 3.05) is 13.4 Å². The van der Waals surface area contributed by atoms with Crippen molar-refractivity contribution in [3.63, 3.8) is 0 Å². The van der Waals surface area contributed by atoms with Gasteiger partial charge in [0.15, 0.2) is 5.12 Å². The average molecular weight is 545 g/mol. The normalized spacial score (nSPS) is 26.6. The van der Waals surface area contributed by atoms with Crippen molar-refractivity contribution >= 4 is 34.6 Å². The Hall–Kier alpha value is -1.92. The smallest absolute Gasteiger partial charge is 0.308 e. The van der Waals surface area contributed by atoms with Crippen LogP contribution >= 0.6 is 23.5 Å². The van der Waals surface area contributed by atoms with Crippen LogP contribution in [0.25, 0.3) is 0 Å². The highest BCUT2D eigenvalue weighted by atomic mass is 32.2. The molecular formula is C31H44O4S2. The molecule has 6 unspecified atom stereocenters. The summed E-state index contributed by atoms with van der Waals surface area (Å²) in [4.78, 5) is 22.0. The van der Waals surface area contributed by atoms with Crippen LogP contribution in [0.2, 0.25) is 0 Å². The van der Waals surface area contributed by atoms with Gasteiger partial charge < -0.3 is 9.47 Å². The molecule has 4 nitrogen and oxygen atoms in total. The van der Waals surface area contributed by atoms with Crippen LogP contribution < -0.4 is 9.47 Å². The summed E-state index contributed by atoms with van der Waals surface area (Å²) in [5.74, 6) is 5.06. The average Bonchev–Trinajstić information content (AvgIpc) is 3.52. The lowest BCUT2D eigenvalue weighted by Crippen LogP contribution is -2.25. The third kappa shape index (κ3) is 8.03. The quantitative estimate of drug-likeness (QED) is 0.272. The van der Waals surface area contributed by atoms with Gasteiger partial charge in [-0.2, -0.15) is 11.8 Å². The molecule has 6 atom stereocenters. The Bertz CT molecular complexity index is 1000. The summed E-state index contributed by atoms with van der Waals surface area (Å²) in [5, 5.41) is 1.91. The van der Waals surface area contributed by atoms with Gasteiger partial charge in [0.2, 0.25) is 0 Å². The molecule has 204 valence electrons. The Balaban J connectivity index is 0.000000249. The van der Waals surface area contributed by atoms with Gasteiger partial charge in [-0.15, -0.1) is 0 Å². The van der Waals surface area contributed by atoms with E-state index in [1.807, 2.05) is 36.4 Å². The molecule has 5 rings (SSSR count). The highest BCUT2D eigenvalue weighted by Crippen LogP contribution is 2.62. The fraction of sp³-hybridized carbons (Fsp3) is 0.548. The highest BCUT2D eigenvalue weighted by Gasteiger charge is 2.55. The van der Waals surface area contributed by atoms with E-state index in [0.29, 0.717) is 16.1 Å². The Morgan fingerprint density at radius 1 is 0.811 bits per heavy atom. The summed E-state index contributed by atoms with van der Waals surface area (Å²) in [6, 6.07) is 15.5. The van der Waals surface area contributed by atoms with Crippen molar-refractivity contribution in [2.45, 2.75) is 71.3 Å². The lowest BCUT2D eigenvalue weighted by Gasteiger charge is -2.30. The number of methoxy groups -OCH3 is 1. The first kappa shape index (κ1) is 31.3. The van der Waals surface area contributed by atoms with Gasteiger partial charge in [0, 0.05) is 24.3 Å². The van der Waals surface area contributed by atoms with Crippen LogP contribution in [0.4, 0.5) is 0 Å². The number of thioether (sulfide) groups is 2. The summed E-state index contributed by atoms with van der Waals surface area (Å²) >= 11 is 3.70. The summed E-state index contributed by atoms with van der Waals surface area (Å²) in [6.45, 7) is 3.11. The number of hydrogen-bond donors (Lipinski definition) is 0. The number of fused-ring (bicyclic) bond motifs is 5. The fourth-order valence-corrected chi connectivity index (χ4v) is 8.59. The van der Waals surface area contributed by atoms with E-state index in [1.54, 1.807) is 37.9 Å². The van der Waals surface area contributed by atoms with Crippen LogP contribution in [0.1, 0.15) is 65.5 Å². The van der Waals surface area contributed by atoms with Crippen LogP contribution in [0, 0.1) is 23.7 Å². The van der Waals surface area contributed by atoms with Crippen LogP contribution in [0.3, 0.4) is 0 Å². The summed E-state index contributed by atoms with van der Waals surface area (Å²) in [5.41, 5.74) is 2.38. The number of benzene rings is 2. The maximum absolute atomic E-state index is 11.2. The number of esters is 1. The monoisotopic (exact) mass is 544 g/mol. The second-order valence-corrected chi connectivity index (χ2v) is 12.5. The molecule has 2 bridgehead atoms. The first-order valence-corrected chi connectivity index (χ1v) is 14.6. The fourth-order valence-electron chi connectivity index (χ4n) is 6.38. The number of hydrogen-bond acceptors (Lipinski definition) is 6. The van der Waals surface area contributed by atoms with Crippen LogP contribution in [-0.2, 0) is 16.0 Å². The van der Waals surface area contributed by atoms with Crippen LogP contribution in [0.5, 0.6) is 11.5 Å². The van der Waals surface area contributed by atoms with E-state index < -0.39 is 0 Å². The number of ether oxygens (including phenoxy) is 2. The molecule has 0 saturated heterocycles. The Morgan fingerprint density at radius 2 is 1.38 bits per heavy atom. The predicted molar refractivity (Wildman–Crippen MR) is 159 cm³/mol. The topological polar surface area (TPSA) is 52.6 Å².